The molecule has 1 atom stereocenters. The first kappa shape index (κ1) is 31.0. The van der Waals surface area contributed by atoms with Crippen molar-refractivity contribution in [1.82, 2.24) is 19.8 Å². The van der Waals surface area contributed by atoms with Crippen molar-refractivity contribution in [2.45, 2.75) is 82.3 Å². The Balaban J connectivity index is 1.38. The molecule has 0 bridgehead atoms. The molecule has 2 aliphatic rings. The summed E-state index contributed by atoms with van der Waals surface area (Å²) in [7, 11) is -0.449. The first-order valence-electron chi connectivity index (χ1n) is 14.6. The monoisotopic (exact) mass is 584 g/mol. The lowest BCUT2D eigenvalue weighted by molar-refractivity contribution is -0.123. The summed E-state index contributed by atoms with van der Waals surface area (Å²) in [5.74, 6) is 0.852. The third-order valence-corrected chi connectivity index (χ3v) is 9.68. The molecule has 2 aromatic rings. The lowest BCUT2D eigenvalue weighted by Crippen LogP contribution is -2.40. The number of carbonyl (C=O) groups excluding carboxylic acids is 2. The van der Waals surface area contributed by atoms with Crippen LogP contribution in [0.15, 0.2) is 41.3 Å². The van der Waals surface area contributed by atoms with Crippen molar-refractivity contribution in [1.29, 1.82) is 0 Å². The number of rotatable bonds is 7. The molecule has 0 fully saturated rings. The lowest BCUT2D eigenvalue weighted by Gasteiger charge is -2.27. The summed E-state index contributed by atoms with van der Waals surface area (Å²) in [6, 6.07) is 11.5. The fourth-order valence-corrected chi connectivity index (χ4v) is 6.33. The van der Waals surface area contributed by atoms with Crippen molar-refractivity contribution in [3.63, 3.8) is 0 Å². The van der Waals surface area contributed by atoms with Gasteiger partial charge in [0.05, 0.1) is 18.0 Å². The van der Waals surface area contributed by atoms with Crippen LogP contribution < -0.4 is 15.4 Å². The van der Waals surface area contributed by atoms with Crippen LogP contribution in [0.25, 0.3) is 0 Å². The Kier molecular flexibility index (Phi) is 10.4. The Morgan fingerprint density at radius 3 is 2.59 bits per heavy atom. The number of aryl methyl sites for hydroxylation is 1. The first-order valence-corrected chi connectivity index (χ1v) is 16.1. The minimum Gasteiger partial charge on any atom is -0.493 e. The van der Waals surface area contributed by atoms with Crippen LogP contribution in [0.1, 0.15) is 61.8 Å². The lowest BCUT2D eigenvalue weighted by atomic mass is 10.0. The van der Waals surface area contributed by atoms with Gasteiger partial charge in [-0.25, -0.2) is 12.7 Å². The standard InChI is InChI=1S/C31H44N4O5S/c1-22(2)35-20-26-16-23(8-12-29(26)40-15-7-5-6-14-32-31(37)21-35)9-13-30(36)33-27-17-24-10-11-28(19-25(24)18-27)41(38,39)34(3)4/h8,10-12,16,19,22,27H,5-7,9,13-15,17-18,20-21H2,1-4H3,(H,32,37)(H,33,36). The van der Waals surface area contributed by atoms with E-state index in [1.54, 1.807) is 12.1 Å². The van der Waals surface area contributed by atoms with Crippen molar-refractivity contribution >= 4 is 21.8 Å². The van der Waals surface area contributed by atoms with E-state index < -0.39 is 10.0 Å². The van der Waals surface area contributed by atoms with Gasteiger partial charge in [0.25, 0.3) is 0 Å². The molecule has 0 saturated heterocycles. The molecule has 224 valence electrons. The van der Waals surface area contributed by atoms with Crippen LogP contribution in [0, 0.1) is 0 Å². The van der Waals surface area contributed by atoms with Crippen LogP contribution in [0.4, 0.5) is 0 Å². The molecule has 41 heavy (non-hydrogen) atoms. The highest BCUT2D eigenvalue weighted by atomic mass is 32.2. The molecule has 2 aromatic carbocycles. The number of nitrogens with one attached hydrogen (secondary N) is 2. The third kappa shape index (κ3) is 8.30. The van der Waals surface area contributed by atoms with E-state index in [2.05, 4.69) is 35.4 Å². The molecular formula is C31H44N4O5S. The summed E-state index contributed by atoms with van der Waals surface area (Å²) >= 11 is 0. The number of nitrogens with zero attached hydrogens (tertiary/aromatic N) is 2. The van der Waals surface area contributed by atoms with Gasteiger partial charge in [-0.1, -0.05) is 18.2 Å². The quantitative estimate of drug-likeness (QED) is 0.518. The van der Waals surface area contributed by atoms with E-state index in [1.165, 1.54) is 18.4 Å². The van der Waals surface area contributed by atoms with Crippen LogP contribution >= 0.6 is 0 Å². The maximum absolute atomic E-state index is 12.9. The normalized spacial score (nSPS) is 18.9. The Labute approximate surface area is 244 Å². The molecule has 10 heteroatoms. The first-order chi connectivity index (χ1) is 19.5. The van der Waals surface area contributed by atoms with Crippen molar-refractivity contribution in [2.75, 3.05) is 33.8 Å². The van der Waals surface area contributed by atoms with E-state index in [1.807, 2.05) is 18.2 Å². The molecule has 4 rings (SSSR count). The van der Waals surface area contributed by atoms with Crippen molar-refractivity contribution in [3.8, 4) is 5.75 Å². The summed E-state index contributed by atoms with van der Waals surface area (Å²) in [5, 5.41) is 6.17. The van der Waals surface area contributed by atoms with E-state index >= 15 is 0 Å². The average Bonchev–Trinajstić information content (AvgIpc) is 3.33. The Morgan fingerprint density at radius 1 is 1.05 bits per heavy atom. The van der Waals surface area contributed by atoms with E-state index in [-0.39, 0.29) is 28.8 Å². The largest absolute Gasteiger partial charge is 0.493 e. The summed E-state index contributed by atoms with van der Waals surface area (Å²) in [6.45, 7) is 6.42. The second kappa shape index (κ2) is 13.8. The van der Waals surface area contributed by atoms with Crippen LogP contribution in [-0.2, 0) is 45.4 Å². The fraction of sp³-hybridized carbons (Fsp3) is 0.548. The van der Waals surface area contributed by atoms with Crippen molar-refractivity contribution in [2.24, 2.45) is 0 Å². The highest BCUT2D eigenvalue weighted by Gasteiger charge is 2.26. The summed E-state index contributed by atoms with van der Waals surface area (Å²) in [4.78, 5) is 27.8. The van der Waals surface area contributed by atoms with Crippen molar-refractivity contribution in [3.05, 3.63) is 58.7 Å². The van der Waals surface area contributed by atoms with Gasteiger partial charge in [0, 0.05) is 51.3 Å². The molecule has 0 saturated carbocycles. The number of ether oxygens (including phenoxy) is 1. The van der Waals surface area contributed by atoms with Gasteiger partial charge in [-0.3, -0.25) is 14.5 Å². The van der Waals surface area contributed by atoms with Gasteiger partial charge in [0.15, 0.2) is 0 Å². The van der Waals surface area contributed by atoms with Gasteiger partial charge in [-0.2, -0.15) is 0 Å². The molecule has 9 nitrogen and oxygen atoms in total. The van der Waals surface area contributed by atoms with Gasteiger partial charge in [-0.15, -0.1) is 0 Å². The Bertz CT molecular complexity index is 1340. The molecule has 0 spiro atoms. The van der Waals surface area contributed by atoms with Crippen LogP contribution in [0.5, 0.6) is 5.75 Å². The molecule has 0 aromatic heterocycles. The van der Waals surface area contributed by atoms with Crippen LogP contribution in [-0.4, -0.2) is 75.3 Å². The highest BCUT2D eigenvalue weighted by Crippen LogP contribution is 2.27. The molecular weight excluding hydrogens is 540 g/mol. The van der Waals surface area contributed by atoms with Crippen molar-refractivity contribution < 1.29 is 22.7 Å². The minimum absolute atomic E-state index is 0.0234. The Morgan fingerprint density at radius 2 is 1.83 bits per heavy atom. The van der Waals surface area contributed by atoms with Gasteiger partial charge in [0.2, 0.25) is 21.8 Å². The third-order valence-electron chi connectivity index (χ3n) is 7.87. The molecule has 2 N–H and O–H groups in total. The number of hydrogen-bond acceptors (Lipinski definition) is 6. The average molecular weight is 585 g/mol. The topological polar surface area (TPSA) is 108 Å². The van der Waals surface area contributed by atoms with Gasteiger partial charge >= 0.3 is 0 Å². The zero-order valence-corrected chi connectivity index (χ0v) is 25.6. The number of hydrogen-bond donors (Lipinski definition) is 2. The minimum atomic E-state index is -3.49. The molecule has 1 aliphatic carbocycles. The maximum Gasteiger partial charge on any atom is 0.242 e. The maximum atomic E-state index is 12.9. The zero-order chi connectivity index (χ0) is 29.6. The summed E-state index contributed by atoms with van der Waals surface area (Å²) < 4.78 is 32.4. The molecule has 1 heterocycles. The fourth-order valence-electron chi connectivity index (χ4n) is 5.37. The van der Waals surface area contributed by atoms with Crippen LogP contribution in [0.2, 0.25) is 0 Å². The molecule has 0 radical (unpaired) electrons. The molecule has 2 amide bonds. The second-order valence-corrected chi connectivity index (χ2v) is 13.7. The summed E-state index contributed by atoms with van der Waals surface area (Å²) in [5.41, 5.74) is 4.12. The number of amides is 2. The van der Waals surface area contributed by atoms with Crippen LogP contribution in [0.3, 0.4) is 0 Å². The van der Waals surface area contributed by atoms with Gasteiger partial charge in [-0.05, 0) is 87.3 Å². The number of fused-ring (bicyclic) bond motifs is 2. The number of sulfonamides is 1. The SMILES string of the molecule is CC(C)N1CC(=O)NCCCCCOc2ccc(CCC(=O)NC3Cc4ccc(S(=O)(=O)N(C)C)cc4C3)cc2C1. The molecule has 1 unspecified atom stereocenters. The summed E-state index contributed by atoms with van der Waals surface area (Å²) in [6.07, 6.45) is 5.12. The second-order valence-electron chi connectivity index (χ2n) is 11.6. The highest BCUT2D eigenvalue weighted by molar-refractivity contribution is 7.89. The van der Waals surface area contributed by atoms with E-state index in [9.17, 15) is 18.0 Å². The molecule has 1 aliphatic heterocycles. The predicted molar refractivity (Wildman–Crippen MR) is 159 cm³/mol. The Hall–Kier alpha value is -2.95. The smallest absolute Gasteiger partial charge is 0.242 e. The van der Waals surface area contributed by atoms with E-state index in [0.29, 0.717) is 51.9 Å². The number of carbonyl (C=O) groups is 2. The van der Waals surface area contributed by atoms with E-state index in [4.69, 9.17) is 4.74 Å². The van der Waals surface area contributed by atoms with E-state index in [0.717, 1.165) is 47.3 Å². The zero-order valence-electron chi connectivity index (χ0n) is 24.7. The van der Waals surface area contributed by atoms with Gasteiger partial charge < -0.3 is 15.4 Å². The number of benzene rings is 2. The predicted octanol–water partition coefficient (Wildman–Crippen LogP) is 3.04. The van der Waals surface area contributed by atoms with Gasteiger partial charge in [0.1, 0.15) is 5.75 Å².